The summed E-state index contributed by atoms with van der Waals surface area (Å²) in [7, 11) is 0. The predicted molar refractivity (Wildman–Crippen MR) is 104 cm³/mol. The molecule has 4 rings (SSSR count). The smallest absolute Gasteiger partial charge is 0.290 e. The third-order valence-electron chi connectivity index (χ3n) is 5.01. The Hall–Kier alpha value is -2.59. The molecule has 0 aliphatic carbocycles. The summed E-state index contributed by atoms with van der Waals surface area (Å²) < 4.78 is 6.47. The SMILES string of the molecule is Cc1ccc(/C=C2\CC3(CCNCC3)Oc3ccccc32)cc1.O=CO. The standard InChI is InChI=1S/C21H23NO.CH2O2/c1-16-6-8-17(9-7-16)14-18-15-21(10-12-22-13-11-21)23-20-5-3-2-4-19(18)20;2-1-3/h2-9,14,22H,10-13,15H2,1H3;1H,(H,2,3)/b18-14+;. The van der Waals surface area contributed by atoms with E-state index in [0.717, 1.165) is 38.1 Å². The maximum atomic E-state index is 8.36. The van der Waals surface area contributed by atoms with E-state index in [9.17, 15) is 0 Å². The molecule has 2 aromatic carbocycles. The highest BCUT2D eigenvalue weighted by molar-refractivity contribution is 5.85. The van der Waals surface area contributed by atoms with Crippen LogP contribution in [0.2, 0.25) is 0 Å². The largest absolute Gasteiger partial charge is 0.486 e. The molecule has 0 aromatic heterocycles. The molecule has 26 heavy (non-hydrogen) atoms. The molecule has 2 N–H and O–H groups in total. The molecule has 0 bridgehead atoms. The van der Waals surface area contributed by atoms with Gasteiger partial charge in [-0.1, -0.05) is 54.1 Å². The van der Waals surface area contributed by atoms with Crippen LogP contribution in [0, 0.1) is 6.92 Å². The van der Waals surface area contributed by atoms with Crippen molar-refractivity contribution in [2.75, 3.05) is 13.1 Å². The van der Waals surface area contributed by atoms with Gasteiger partial charge < -0.3 is 15.2 Å². The normalized spacial score (nSPS) is 19.0. The number of para-hydroxylation sites is 1. The third kappa shape index (κ3) is 4.14. The molecule has 0 atom stereocenters. The van der Waals surface area contributed by atoms with E-state index in [-0.39, 0.29) is 12.1 Å². The first-order valence-corrected chi connectivity index (χ1v) is 9.00. The summed E-state index contributed by atoms with van der Waals surface area (Å²) in [5.74, 6) is 1.04. The van der Waals surface area contributed by atoms with E-state index in [1.165, 1.54) is 22.3 Å². The summed E-state index contributed by atoms with van der Waals surface area (Å²) >= 11 is 0. The van der Waals surface area contributed by atoms with Crippen LogP contribution in [-0.2, 0) is 4.79 Å². The molecule has 4 heteroatoms. The van der Waals surface area contributed by atoms with Gasteiger partial charge in [-0.3, -0.25) is 4.79 Å². The lowest BCUT2D eigenvalue weighted by Crippen LogP contribution is -2.47. The van der Waals surface area contributed by atoms with Gasteiger partial charge in [0.1, 0.15) is 11.4 Å². The first-order chi connectivity index (χ1) is 12.7. The van der Waals surface area contributed by atoms with Crippen LogP contribution >= 0.6 is 0 Å². The predicted octanol–water partition coefficient (Wildman–Crippen LogP) is 4.14. The van der Waals surface area contributed by atoms with E-state index in [1.54, 1.807) is 0 Å². The Morgan fingerprint density at radius 3 is 2.42 bits per heavy atom. The first kappa shape index (κ1) is 18.2. The van der Waals surface area contributed by atoms with Gasteiger partial charge in [-0.25, -0.2) is 0 Å². The highest BCUT2D eigenvalue weighted by atomic mass is 16.5. The third-order valence-corrected chi connectivity index (χ3v) is 5.01. The van der Waals surface area contributed by atoms with Gasteiger partial charge in [-0.05, 0) is 50.1 Å². The Bertz CT molecular complexity index is 774. The molecular weight excluding hydrogens is 326 g/mol. The second-order valence-corrected chi connectivity index (χ2v) is 6.89. The Morgan fingerprint density at radius 2 is 1.73 bits per heavy atom. The maximum absolute atomic E-state index is 8.36. The zero-order valence-electron chi connectivity index (χ0n) is 15.1. The quantitative estimate of drug-likeness (QED) is 0.758. The van der Waals surface area contributed by atoms with Crippen molar-refractivity contribution in [3.8, 4) is 5.75 Å². The van der Waals surface area contributed by atoms with Crippen LogP contribution in [0.4, 0.5) is 0 Å². The Balaban J connectivity index is 0.000000613. The summed E-state index contributed by atoms with van der Waals surface area (Å²) in [6, 6.07) is 17.2. The van der Waals surface area contributed by atoms with E-state index in [0.29, 0.717) is 0 Å². The maximum Gasteiger partial charge on any atom is 0.290 e. The number of ether oxygens (including phenoxy) is 1. The van der Waals surface area contributed by atoms with Gasteiger partial charge in [0.25, 0.3) is 6.47 Å². The summed E-state index contributed by atoms with van der Waals surface area (Å²) in [5.41, 5.74) is 5.19. The molecule has 4 nitrogen and oxygen atoms in total. The summed E-state index contributed by atoms with van der Waals surface area (Å²) in [4.78, 5) is 8.36. The molecule has 0 saturated carbocycles. The number of nitrogens with one attached hydrogen (secondary N) is 1. The van der Waals surface area contributed by atoms with Crippen molar-refractivity contribution in [3.05, 3.63) is 65.2 Å². The van der Waals surface area contributed by atoms with E-state index in [4.69, 9.17) is 14.6 Å². The van der Waals surface area contributed by atoms with Crippen molar-refractivity contribution >= 4 is 18.1 Å². The number of piperidine rings is 1. The monoisotopic (exact) mass is 351 g/mol. The van der Waals surface area contributed by atoms with Crippen LogP contribution in [0.1, 0.15) is 36.0 Å². The zero-order valence-corrected chi connectivity index (χ0v) is 15.1. The molecular formula is C22H25NO3. The number of rotatable bonds is 1. The van der Waals surface area contributed by atoms with E-state index in [1.807, 2.05) is 0 Å². The topological polar surface area (TPSA) is 58.6 Å². The van der Waals surface area contributed by atoms with Crippen LogP contribution in [0.25, 0.3) is 11.6 Å². The number of carbonyl (C=O) groups is 1. The molecule has 0 radical (unpaired) electrons. The van der Waals surface area contributed by atoms with Gasteiger partial charge in [0, 0.05) is 12.0 Å². The summed E-state index contributed by atoms with van der Waals surface area (Å²) in [6.45, 7) is 3.96. The van der Waals surface area contributed by atoms with Crippen molar-refractivity contribution in [2.45, 2.75) is 31.8 Å². The second-order valence-electron chi connectivity index (χ2n) is 6.89. The van der Waals surface area contributed by atoms with Crippen molar-refractivity contribution in [1.29, 1.82) is 0 Å². The van der Waals surface area contributed by atoms with Gasteiger partial charge in [0.05, 0.1) is 0 Å². The van der Waals surface area contributed by atoms with Crippen LogP contribution in [0.5, 0.6) is 5.75 Å². The van der Waals surface area contributed by atoms with Crippen molar-refractivity contribution < 1.29 is 14.6 Å². The molecule has 2 aliphatic heterocycles. The van der Waals surface area contributed by atoms with Gasteiger partial charge in [-0.2, -0.15) is 0 Å². The summed E-state index contributed by atoms with van der Waals surface area (Å²) in [6.07, 6.45) is 5.49. The highest BCUT2D eigenvalue weighted by Gasteiger charge is 2.39. The Kier molecular flexibility index (Phi) is 5.74. The Labute approximate surface area is 154 Å². The van der Waals surface area contributed by atoms with E-state index in [2.05, 4.69) is 66.8 Å². The molecule has 2 heterocycles. The number of hydrogen-bond donors (Lipinski definition) is 2. The van der Waals surface area contributed by atoms with Crippen molar-refractivity contribution in [3.63, 3.8) is 0 Å². The number of hydrogen-bond acceptors (Lipinski definition) is 3. The summed E-state index contributed by atoms with van der Waals surface area (Å²) in [5, 5.41) is 10.3. The molecule has 1 saturated heterocycles. The number of aryl methyl sites for hydroxylation is 1. The number of benzene rings is 2. The average Bonchev–Trinajstić information content (AvgIpc) is 2.65. The van der Waals surface area contributed by atoms with Gasteiger partial charge >= 0.3 is 0 Å². The van der Waals surface area contributed by atoms with Gasteiger partial charge in [0.2, 0.25) is 0 Å². The van der Waals surface area contributed by atoms with Gasteiger partial charge in [0.15, 0.2) is 0 Å². The molecule has 0 amide bonds. The van der Waals surface area contributed by atoms with Gasteiger partial charge in [-0.15, -0.1) is 0 Å². The highest BCUT2D eigenvalue weighted by Crippen LogP contribution is 2.44. The molecule has 2 aromatic rings. The molecule has 1 fully saturated rings. The Morgan fingerprint density at radius 1 is 1.08 bits per heavy atom. The minimum absolute atomic E-state index is 0.0316. The fourth-order valence-electron chi connectivity index (χ4n) is 3.69. The van der Waals surface area contributed by atoms with Crippen LogP contribution in [0.3, 0.4) is 0 Å². The first-order valence-electron chi connectivity index (χ1n) is 9.00. The van der Waals surface area contributed by atoms with Crippen LogP contribution in [-0.4, -0.2) is 30.3 Å². The molecule has 0 unspecified atom stereocenters. The second kappa shape index (κ2) is 8.19. The number of fused-ring (bicyclic) bond motifs is 1. The average molecular weight is 351 g/mol. The van der Waals surface area contributed by atoms with E-state index >= 15 is 0 Å². The molecule has 1 spiro atoms. The zero-order chi connectivity index (χ0) is 18.4. The van der Waals surface area contributed by atoms with Crippen molar-refractivity contribution in [1.82, 2.24) is 5.32 Å². The molecule has 2 aliphatic rings. The lowest BCUT2D eigenvalue weighted by atomic mass is 9.80. The van der Waals surface area contributed by atoms with Crippen LogP contribution < -0.4 is 10.1 Å². The molecule has 136 valence electrons. The van der Waals surface area contributed by atoms with E-state index < -0.39 is 0 Å². The lowest BCUT2D eigenvalue weighted by molar-refractivity contribution is -0.122. The fraction of sp³-hybridized carbons (Fsp3) is 0.318. The number of carboxylic acid groups (broad SMARTS) is 1. The fourth-order valence-corrected chi connectivity index (χ4v) is 3.69. The minimum Gasteiger partial charge on any atom is -0.486 e. The lowest BCUT2D eigenvalue weighted by Gasteiger charge is -2.42. The van der Waals surface area contributed by atoms with Crippen molar-refractivity contribution in [2.24, 2.45) is 0 Å². The minimum atomic E-state index is -0.250. The van der Waals surface area contributed by atoms with Crippen LogP contribution in [0.15, 0.2) is 48.5 Å².